The molecule has 0 unspecified atom stereocenters. The third-order valence-corrected chi connectivity index (χ3v) is 8.54. The molecule has 3 fully saturated rings. The number of hydrogen-bond acceptors (Lipinski definition) is 6. The minimum Gasteiger partial charge on any atom is -0.508 e. The van der Waals surface area contributed by atoms with E-state index in [-0.39, 0.29) is 35.3 Å². The molecule has 6 atom stereocenters. The van der Waals surface area contributed by atoms with Gasteiger partial charge in [-0.15, -0.1) is 0 Å². The number of aromatic hydroxyl groups is 1. The molecule has 1 aromatic rings. The van der Waals surface area contributed by atoms with E-state index in [9.17, 15) is 24.3 Å². The first-order chi connectivity index (χ1) is 17.2. The Balaban J connectivity index is 1.68. The van der Waals surface area contributed by atoms with E-state index in [1.54, 1.807) is 12.1 Å². The number of hydrogen-bond donors (Lipinski definition) is 1. The lowest BCUT2D eigenvalue weighted by atomic mass is 9.57. The second-order valence-electron chi connectivity index (χ2n) is 12.8. The summed E-state index contributed by atoms with van der Waals surface area (Å²) in [5.41, 5.74) is 0.274. The van der Waals surface area contributed by atoms with Crippen molar-refractivity contribution >= 4 is 23.6 Å². The summed E-state index contributed by atoms with van der Waals surface area (Å²) in [5.74, 6) is -3.49. The van der Waals surface area contributed by atoms with E-state index in [1.807, 2.05) is 47.6 Å². The summed E-state index contributed by atoms with van der Waals surface area (Å²) in [7, 11) is 1.50. The standard InChI is InChI=1S/C29H36N2O6/c1-28(2,3)30-24(33)17-11-10-15-18(22(17)26(30)35)13-19-23(27(36)31(25(19)34)29(4,5)6)21(15)16-9-8-14(32)12-20(16)37-7/h8-10,12,17-19,21-23,32H,11,13H2,1-7H3/t17-,18+,19+,21+,22-,23+/m0/s1. The molecule has 4 aliphatic rings. The Hall–Kier alpha value is -3.16. The summed E-state index contributed by atoms with van der Waals surface area (Å²) >= 11 is 0. The Labute approximate surface area is 217 Å². The number of nitrogens with zero attached hydrogens (tertiary/aromatic N) is 2. The van der Waals surface area contributed by atoms with E-state index in [1.165, 1.54) is 23.0 Å². The van der Waals surface area contributed by atoms with Gasteiger partial charge in [0, 0.05) is 28.6 Å². The first-order valence-corrected chi connectivity index (χ1v) is 13.0. The second-order valence-corrected chi connectivity index (χ2v) is 12.8. The average molecular weight is 509 g/mol. The number of likely N-dealkylation sites (tertiary alicyclic amines) is 2. The number of imide groups is 2. The molecule has 2 heterocycles. The van der Waals surface area contributed by atoms with Gasteiger partial charge in [0.15, 0.2) is 0 Å². The third kappa shape index (κ3) is 3.62. The predicted molar refractivity (Wildman–Crippen MR) is 135 cm³/mol. The fourth-order valence-electron chi connectivity index (χ4n) is 7.22. The SMILES string of the molecule is COc1cc(O)ccc1[C@H]1C2=CC[C@@H]3C(=O)N(C(C)(C)C)C(=O)[C@@H]3[C@@H]2C[C@H]2C(=O)N(C(C)(C)C)C(=O)[C@@H]12. The number of carbonyl (C=O) groups excluding carboxylic acids is 4. The van der Waals surface area contributed by atoms with Crippen molar-refractivity contribution in [2.24, 2.45) is 29.6 Å². The minimum absolute atomic E-state index is 0.0322. The molecule has 2 aliphatic heterocycles. The van der Waals surface area contributed by atoms with Gasteiger partial charge >= 0.3 is 0 Å². The smallest absolute Gasteiger partial charge is 0.234 e. The Morgan fingerprint density at radius 1 is 0.811 bits per heavy atom. The van der Waals surface area contributed by atoms with E-state index >= 15 is 0 Å². The van der Waals surface area contributed by atoms with Crippen LogP contribution in [0.25, 0.3) is 0 Å². The lowest BCUT2D eigenvalue weighted by Gasteiger charge is -2.44. The summed E-state index contributed by atoms with van der Waals surface area (Å²) in [4.78, 5) is 57.6. The summed E-state index contributed by atoms with van der Waals surface area (Å²) in [6.45, 7) is 11.1. The summed E-state index contributed by atoms with van der Waals surface area (Å²) in [6, 6.07) is 4.80. The van der Waals surface area contributed by atoms with Crippen LogP contribution in [-0.2, 0) is 19.2 Å². The Morgan fingerprint density at radius 2 is 1.38 bits per heavy atom. The van der Waals surface area contributed by atoms with Gasteiger partial charge in [-0.05, 0) is 66.4 Å². The highest BCUT2D eigenvalue weighted by atomic mass is 16.5. The van der Waals surface area contributed by atoms with Crippen LogP contribution < -0.4 is 4.74 Å². The number of benzene rings is 1. The van der Waals surface area contributed by atoms with Crippen molar-refractivity contribution in [2.45, 2.75) is 71.4 Å². The van der Waals surface area contributed by atoms with Crippen molar-refractivity contribution < 1.29 is 29.0 Å². The van der Waals surface area contributed by atoms with Crippen molar-refractivity contribution in [1.29, 1.82) is 0 Å². The molecule has 0 radical (unpaired) electrons. The number of fused-ring (bicyclic) bond motifs is 4. The molecule has 8 nitrogen and oxygen atoms in total. The maximum Gasteiger partial charge on any atom is 0.234 e. The van der Waals surface area contributed by atoms with Crippen LogP contribution in [0.4, 0.5) is 0 Å². The van der Waals surface area contributed by atoms with Crippen LogP contribution in [-0.4, -0.2) is 56.7 Å². The largest absolute Gasteiger partial charge is 0.508 e. The van der Waals surface area contributed by atoms with Gasteiger partial charge in [0.2, 0.25) is 23.6 Å². The molecule has 0 bridgehead atoms. The maximum atomic E-state index is 13.9. The normalized spacial score (nSPS) is 31.8. The van der Waals surface area contributed by atoms with Crippen molar-refractivity contribution in [2.75, 3.05) is 7.11 Å². The number of phenols is 1. The molecule has 0 spiro atoms. The number of rotatable bonds is 2. The quantitative estimate of drug-likeness (QED) is 0.483. The molecule has 198 valence electrons. The van der Waals surface area contributed by atoms with Crippen LogP contribution in [0.1, 0.15) is 65.9 Å². The molecule has 4 amide bonds. The fraction of sp³-hybridized carbons (Fsp3) is 0.586. The van der Waals surface area contributed by atoms with Crippen molar-refractivity contribution in [3.8, 4) is 11.5 Å². The Morgan fingerprint density at radius 3 is 1.95 bits per heavy atom. The summed E-state index contributed by atoms with van der Waals surface area (Å²) in [6.07, 6.45) is 2.78. The third-order valence-electron chi connectivity index (χ3n) is 8.54. The molecule has 2 aliphatic carbocycles. The van der Waals surface area contributed by atoms with E-state index in [0.717, 1.165) is 5.57 Å². The van der Waals surface area contributed by atoms with Crippen LogP contribution >= 0.6 is 0 Å². The molecule has 8 heteroatoms. The zero-order valence-corrected chi connectivity index (χ0v) is 22.6. The van der Waals surface area contributed by atoms with Gasteiger partial charge < -0.3 is 9.84 Å². The van der Waals surface area contributed by atoms with E-state index in [2.05, 4.69) is 0 Å². The zero-order chi connectivity index (χ0) is 27.2. The van der Waals surface area contributed by atoms with Gasteiger partial charge in [-0.3, -0.25) is 29.0 Å². The van der Waals surface area contributed by atoms with Crippen LogP contribution in [0.3, 0.4) is 0 Å². The lowest BCUT2D eigenvalue weighted by Crippen LogP contribution is -2.47. The highest BCUT2D eigenvalue weighted by Gasteiger charge is 2.63. The number of phenolic OH excluding ortho intramolecular Hbond substituents is 1. The topological polar surface area (TPSA) is 104 Å². The molecular weight excluding hydrogens is 472 g/mol. The van der Waals surface area contributed by atoms with Crippen molar-refractivity contribution in [3.63, 3.8) is 0 Å². The van der Waals surface area contributed by atoms with Gasteiger partial charge in [0.05, 0.1) is 30.8 Å². The molecule has 2 saturated heterocycles. The van der Waals surface area contributed by atoms with Gasteiger partial charge in [-0.25, -0.2) is 0 Å². The zero-order valence-electron chi connectivity index (χ0n) is 22.6. The van der Waals surface area contributed by atoms with Gasteiger partial charge in [0.25, 0.3) is 0 Å². The highest BCUT2D eigenvalue weighted by molar-refractivity contribution is 6.08. The van der Waals surface area contributed by atoms with E-state index in [4.69, 9.17) is 4.74 Å². The molecule has 0 aromatic heterocycles. The van der Waals surface area contributed by atoms with Crippen LogP contribution in [0.2, 0.25) is 0 Å². The molecule has 1 saturated carbocycles. The number of carbonyl (C=O) groups is 4. The minimum atomic E-state index is -0.695. The molecule has 5 rings (SSSR count). The van der Waals surface area contributed by atoms with Crippen molar-refractivity contribution in [3.05, 3.63) is 35.4 Å². The number of allylic oxidation sites excluding steroid dienone is 2. The lowest BCUT2D eigenvalue weighted by molar-refractivity contribution is -0.147. The van der Waals surface area contributed by atoms with Gasteiger partial charge in [0.1, 0.15) is 11.5 Å². The van der Waals surface area contributed by atoms with Gasteiger partial charge in [-0.1, -0.05) is 17.7 Å². The van der Waals surface area contributed by atoms with Gasteiger partial charge in [-0.2, -0.15) is 0 Å². The molecule has 37 heavy (non-hydrogen) atoms. The Kier molecular flexibility index (Phi) is 5.63. The summed E-state index contributed by atoms with van der Waals surface area (Å²) < 4.78 is 5.62. The number of ether oxygens (including phenoxy) is 1. The average Bonchev–Trinajstić information content (AvgIpc) is 3.21. The number of methoxy groups -OCH3 is 1. The number of amides is 4. The summed E-state index contributed by atoms with van der Waals surface area (Å²) in [5, 5.41) is 10.1. The molecule has 1 N–H and O–H groups in total. The van der Waals surface area contributed by atoms with Crippen LogP contribution in [0.5, 0.6) is 11.5 Å². The first kappa shape index (κ1) is 25.5. The molecular formula is C29H36N2O6. The van der Waals surface area contributed by atoms with E-state index < -0.39 is 40.7 Å². The van der Waals surface area contributed by atoms with Crippen LogP contribution in [0.15, 0.2) is 29.8 Å². The van der Waals surface area contributed by atoms with Crippen molar-refractivity contribution in [1.82, 2.24) is 9.80 Å². The maximum absolute atomic E-state index is 13.9. The Bertz CT molecular complexity index is 1240. The molecule has 1 aromatic carbocycles. The highest BCUT2D eigenvalue weighted by Crippen LogP contribution is 2.59. The van der Waals surface area contributed by atoms with E-state index in [0.29, 0.717) is 24.2 Å². The van der Waals surface area contributed by atoms with Crippen LogP contribution in [0, 0.1) is 29.6 Å². The predicted octanol–water partition coefficient (Wildman–Crippen LogP) is 3.63. The first-order valence-electron chi connectivity index (χ1n) is 13.0. The fourth-order valence-corrected chi connectivity index (χ4v) is 7.22. The monoisotopic (exact) mass is 508 g/mol. The second kappa shape index (κ2) is 8.17.